The highest BCUT2D eigenvalue weighted by Crippen LogP contribution is 2.27. The molecule has 0 unspecified atom stereocenters. The van der Waals surface area contributed by atoms with E-state index in [4.69, 9.17) is 0 Å². The predicted octanol–water partition coefficient (Wildman–Crippen LogP) is -0.145. The molecule has 2 saturated heterocycles. The minimum absolute atomic E-state index is 0.0186. The van der Waals surface area contributed by atoms with Crippen LogP contribution in [-0.4, -0.2) is 64.8 Å². The number of carbonyl (C=O) groups is 1. The van der Waals surface area contributed by atoms with Crippen LogP contribution >= 0.6 is 0 Å². The lowest BCUT2D eigenvalue weighted by atomic mass is 10.0. The van der Waals surface area contributed by atoms with Gasteiger partial charge in [0.25, 0.3) is 0 Å². The third-order valence-electron chi connectivity index (χ3n) is 3.48. The summed E-state index contributed by atoms with van der Waals surface area (Å²) in [5.74, 6) is 0. The Labute approximate surface area is 96.4 Å². The summed E-state index contributed by atoms with van der Waals surface area (Å²) in [6.07, 6.45) is 0. The average Bonchev–Trinajstić information content (AvgIpc) is 2.56. The number of piperazine rings is 1. The molecule has 2 rings (SSSR count). The van der Waals surface area contributed by atoms with Gasteiger partial charge in [-0.3, -0.25) is 0 Å². The quantitative estimate of drug-likeness (QED) is 0.655. The number of aliphatic hydroxyl groups excluding tert-OH is 1. The zero-order chi connectivity index (χ0) is 11.9. The molecule has 2 atom stereocenters. The Morgan fingerprint density at radius 2 is 2.19 bits per heavy atom. The fourth-order valence-electron chi connectivity index (χ4n) is 2.52. The van der Waals surface area contributed by atoms with E-state index in [9.17, 15) is 9.90 Å². The van der Waals surface area contributed by atoms with Crippen LogP contribution in [0.15, 0.2) is 0 Å². The van der Waals surface area contributed by atoms with Crippen molar-refractivity contribution in [2.75, 3.05) is 26.2 Å². The summed E-state index contributed by atoms with van der Waals surface area (Å²) in [6.45, 7) is 8.45. The molecule has 2 heterocycles. The molecular formula is C11H21N3O2. The lowest BCUT2D eigenvalue weighted by Crippen LogP contribution is -2.58. The van der Waals surface area contributed by atoms with E-state index in [1.54, 1.807) is 0 Å². The third-order valence-corrected chi connectivity index (χ3v) is 3.48. The smallest absolute Gasteiger partial charge is 0.320 e. The van der Waals surface area contributed by atoms with Gasteiger partial charge in [0.1, 0.15) is 0 Å². The van der Waals surface area contributed by atoms with E-state index in [0.29, 0.717) is 6.54 Å². The number of amides is 2. The molecule has 0 aromatic rings. The van der Waals surface area contributed by atoms with Crippen LogP contribution in [0.4, 0.5) is 4.79 Å². The van der Waals surface area contributed by atoms with Gasteiger partial charge in [-0.05, 0) is 20.8 Å². The number of aliphatic hydroxyl groups is 1. The van der Waals surface area contributed by atoms with Gasteiger partial charge < -0.3 is 20.2 Å². The lowest BCUT2D eigenvalue weighted by molar-refractivity contribution is 0.130. The number of nitrogens with one attached hydrogen (secondary N) is 1. The van der Waals surface area contributed by atoms with E-state index in [1.165, 1.54) is 0 Å². The summed E-state index contributed by atoms with van der Waals surface area (Å²) < 4.78 is 0. The first-order valence-corrected chi connectivity index (χ1v) is 5.87. The molecule has 2 fully saturated rings. The maximum absolute atomic E-state index is 12.2. The van der Waals surface area contributed by atoms with Crippen molar-refractivity contribution in [2.45, 2.75) is 38.4 Å². The van der Waals surface area contributed by atoms with Crippen LogP contribution in [-0.2, 0) is 0 Å². The van der Waals surface area contributed by atoms with Gasteiger partial charge in [0.2, 0.25) is 0 Å². The maximum atomic E-state index is 12.2. The van der Waals surface area contributed by atoms with Crippen molar-refractivity contribution < 1.29 is 9.90 Å². The van der Waals surface area contributed by atoms with Gasteiger partial charge in [0.15, 0.2) is 0 Å². The zero-order valence-corrected chi connectivity index (χ0v) is 10.2. The number of hydrogen-bond acceptors (Lipinski definition) is 3. The van der Waals surface area contributed by atoms with E-state index < -0.39 is 0 Å². The van der Waals surface area contributed by atoms with Crippen molar-refractivity contribution in [1.82, 2.24) is 15.1 Å². The van der Waals surface area contributed by atoms with Crippen molar-refractivity contribution >= 4 is 6.03 Å². The molecule has 16 heavy (non-hydrogen) atoms. The number of rotatable bonds is 1. The van der Waals surface area contributed by atoms with Crippen molar-refractivity contribution in [2.24, 2.45) is 0 Å². The van der Waals surface area contributed by atoms with Crippen molar-refractivity contribution in [3.8, 4) is 0 Å². The highest BCUT2D eigenvalue weighted by Gasteiger charge is 2.46. The second-order valence-corrected chi connectivity index (χ2v) is 5.57. The van der Waals surface area contributed by atoms with E-state index >= 15 is 0 Å². The highest BCUT2D eigenvalue weighted by atomic mass is 16.3. The van der Waals surface area contributed by atoms with E-state index in [-0.39, 0.29) is 30.3 Å². The summed E-state index contributed by atoms with van der Waals surface area (Å²) in [5.41, 5.74) is -0.144. The van der Waals surface area contributed by atoms with E-state index in [0.717, 1.165) is 13.1 Å². The number of hydrogen-bond donors (Lipinski definition) is 2. The zero-order valence-electron chi connectivity index (χ0n) is 10.2. The van der Waals surface area contributed by atoms with Gasteiger partial charge in [0.05, 0.1) is 18.7 Å². The molecule has 0 spiro atoms. The summed E-state index contributed by atoms with van der Waals surface area (Å²) in [4.78, 5) is 16.0. The molecule has 0 radical (unpaired) electrons. The van der Waals surface area contributed by atoms with Crippen molar-refractivity contribution in [3.63, 3.8) is 0 Å². The van der Waals surface area contributed by atoms with Gasteiger partial charge in [-0.1, -0.05) is 0 Å². The molecule has 2 aliphatic rings. The van der Waals surface area contributed by atoms with Crippen LogP contribution in [0.5, 0.6) is 0 Å². The Morgan fingerprint density at radius 3 is 2.75 bits per heavy atom. The van der Waals surface area contributed by atoms with Crippen molar-refractivity contribution in [1.29, 1.82) is 0 Å². The van der Waals surface area contributed by atoms with Crippen molar-refractivity contribution in [3.05, 3.63) is 0 Å². The molecule has 0 bridgehead atoms. The van der Waals surface area contributed by atoms with Crippen LogP contribution in [0.2, 0.25) is 0 Å². The van der Waals surface area contributed by atoms with Crippen LogP contribution < -0.4 is 5.32 Å². The Morgan fingerprint density at radius 1 is 1.50 bits per heavy atom. The molecule has 2 N–H and O–H groups in total. The topological polar surface area (TPSA) is 55.8 Å². The fraction of sp³-hybridized carbons (Fsp3) is 0.909. The molecule has 0 aromatic carbocycles. The van der Waals surface area contributed by atoms with Crippen LogP contribution in [0.1, 0.15) is 20.8 Å². The monoisotopic (exact) mass is 227 g/mol. The molecule has 0 aromatic heterocycles. The van der Waals surface area contributed by atoms with Gasteiger partial charge in [0, 0.05) is 25.2 Å². The number of urea groups is 1. The molecule has 5 heteroatoms. The normalized spacial score (nSPS) is 30.9. The molecular weight excluding hydrogens is 206 g/mol. The summed E-state index contributed by atoms with van der Waals surface area (Å²) >= 11 is 0. The second kappa shape index (κ2) is 3.89. The van der Waals surface area contributed by atoms with Crippen LogP contribution in [0.25, 0.3) is 0 Å². The molecule has 2 aliphatic heterocycles. The maximum Gasteiger partial charge on any atom is 0.320 e. The Kier molecular flexibility index (Phi) is 2.84. The minimum Gasteiger partial charge on any atom is -0.395 e. The SMILES string of the molecule is CC(C)(C)N1C[C@H]2[C@@H](CO)NCCN2C1=O. The van der Waals surface area contributed by atoms with Crippen LogP contribution in [0, 0.1) is 0 Å². The number of carbonyl (C=O) groups excluding carboxylic acids is 1. The predicted molar refractivity (Wildman–Crippen MR) is 61.2 cm³/mol. The summed E-state index contributed by atoms with van der Waals surface area (Å²) in [7, 11) is 0. The summed E-state index contributed by atoms with van der Waals surface area (Å²) in [6, 6.07) is 0.243. The number of fused-ring (bicyclic) bond motifs is 1. The number of nitrogens with zero attached hydrogens (tertiary/aromatic N) is 2. The first-order chi connectivity index (χ1) is 7.45. The standard InChI is InChI=1S/C11H21N3O2/c1-11(2,3)14-6-9-8(7-15)12-4-5-13(9)10(14)16/h8-9,12,15H,4-7H2,1-3H3/t8-,9+/m1/s1. The Hall–Kier alpha value is -0.810. The summed E-state index contributed by atoms with van der Waals surface area (Å²) in [5, 5.41) is 12.6. The average molecular weight is 227 g/mol. The first-order valence-electron chi connectivity index (χ1n) is 5.87. The molecule has 2 amide bonds. The highest BCUT2D eigenvalue weighted by molar-refractivity contribution is 5.78. The molecule has 5 nitrogen and oxygen atoms in total. The van der Waals surface area contributed by atoms with Crippen LogP contribution in [0.3, 0.4) is 0 Å². The molecule has 0 aliphatic carbocycles. The van der Waals surface area contributed by atoms with Gasteiger partial charge in [-0.2, -0.15) is 0 Å². The first kappa shape index (κ1) is 11.7. The van der Waals surface area contributed by atoms with E-state index in [2.05, 4.69) is 5.32 Å². The third kappa shape index (κ3) is 1.78. The largest absolute Gasteiger partial charge is 0.395 e. The van der Waals surface area contributed by atoms with Gasteiger partial charge >= 0.3 is 6.03 Å². The Balaban J connectivity index is 2.18. The van der Waals surface area contributed by atoms with E-state index in [1.807, 2.05) is 30.6 Å². The lowest BCUT2D eigenvalue weighted by Gasteiger charge is -2.35. The van der Waals surface area contributed by atoms with Gasteiger partial charge in [-0.15, -0.1) is 0 Å². The molecule has 0 saturated carbocycles. The second-order valence-electron chi connectivity index (χ2n) is 5.57. The Bertz CT molecular complexity index is 287. The molecule has 92 valence electrons. The fourth-order valence-corrected chi connectivity index (χ4v) is 2.52. The minimum atomic E-state index is -0.144. The van der Waals surface area contributed by atoms with Gasteiger partial charge in [-0.25, -0.2) is 4.79 Å².